The molecule has 114 valence electrons. The third-order valence-electron chi connectivity index (χ3n) is 3.02. The van der Waals surface area contributed by atoms with E-state index in [2.05, 4.69) is 11.9 Å². The fraction of sp³-hybridized carbons (Fsp3) is 0.600. The average molecular weight is 283 g/mol. The summed E-state index contributed by atoms with van der Waals surface area (Å²) in [6.45, 7) is 11.1. The number of ether oxygens (including phenoxy) is 2. The summed E-state index contributed by atoms with van der Waals surface area (Å²) in [5, 5.41) is 2.64. The van der Waals surface area contributed by atoms with Crippen LogP contribution in [0.25, 0.3) is 0 Å². The minimum absolute atomic E-state index is 0.0871. The van der Waals surface area contributed by atoms with Crippen molar-refractivity contribution in [2.24, 2.45) is 5.92 Å². The Kier molecular flexibility index (Phi) is 7.65. The Morgan fingerprint density at radius 3 is 2.35 bits per heavy atom. The zero-order chi connectivity index (χ0) is 15.8. The van der Waals surface area contributed by atoms with Crippen molar-refractivity contribution in [1.29, 1.82) is 0 Å². The van der Waals surface area contributed by atoms with Crippen LogP contribution in [0.15, 0.2) is 24.3 Å². The molecule has 5 nitrogen and oxygen atoms in total. The van der Waals surface area contributed by atoms with Crippen molar-refractivity contribution in [1.82, 2.24) is 5.32 Å². The molecule has 0 rings (SSSR count). The van der Waals surface area contributed by atoms with Gasteiger partial charge in [-0.3, -0.25) is 0 Å². The Balaban J connectivity index is 5.28. The van der Waals surface area contributed by atoms with Gasteiger partial charge in [0.25, 0.3) is 0 Å². The highest BCUT2D eigenvalue weighted by Gasteiger charge is 2.43. The zero-order valence-electron chi connectivity index (χ0n) is 13.0. The van der Waals surface area contributed by atoms with Crippen LogP contribution in [0.2, 0.25) is 0 Å². The Labute approximate surface area is 121 Å². The molecular formula is C15H25NO4. The van der Waals surface area contributed by atoms with Crippen molar-refractivity contribution in [3.8, 4) is 0 Å². The van der Waals surface area contributed by atoms with E-state index in [1.54, 1.807) is 0 Å². The summed E-state index contributed by atoms with van der Waals surface area (Å²) in [7, 11) is 1.30. The summed E-state index contributed by atoms with van der Waals surface area (Å²) < 4.78 is 9.76. The van der Waals surface area contributed by atoms with E-state index in [1.165, 1.54) is 13.2 Å². The first kappa shape index (κ1) is 18.2. The Hall–Kier alpha value is -1.78. The van der Waals surface area contributed by atoms with E-state index in [0.717, 1.165) is 5.57 Å². The van der Waals surface area contributed by atoms with Gasteiger partial charge in [0, 0.05) is 0 Å². The summed E-state index contributed by atoms with van der Waals surface area (Å²) in [5.41, 5.74) is -0.0789. The van der Waals surface area contributed by atoms with Gasteiger partial charge in [-0.15, -0.1) is 0 Å². The van der Waals surface area contributed by atoms with E-state index in [0.29, 0.717) is 6.42 Å². The minimum Gasteiger partial charge on any atom is -0.467 e. The number of carbonyl (C=O) groups excluding carboxylic acids is 2. The molecule has 20 heavy (non-hydrogen) atoms. The minimum atomic E-state index is -1.13. The predicted octanol–water partition coefficient (Wildman–Crippen LogP) is 2.82. The van der Waals surface area contributed by atoms with Crippen molar-refractivity contribution < 1.29 is 19.1 Å². The SMILES string of the molecule is C=CCOC(=O)N[C@@](CC=C(C)C)(C(=O)OC)C(C)C. The summed E-state index contributed by atoms with van der Waals surface area (Å²) in [6.07, 6.45) is 3.05. The monoisotopic (exact) mass is 283 g/mol. The Bertz CT molecular complexity index is 383. The topological polar surface area (TPSA) is 64.6 Å². The van der Waals surface area contributed by atoms with Crippen molar-refractivity contribution >= 4 is 12.1 Å². The van der Waals surface area contributed by atoms with Crippen molar-refractivity contribution in [2.75, 3.05) is 13.7 Å². The first-order valence-electron chi connectivity index (χ1n) is 6.57. The number of hydrogen-bond donors (Lipinski definition) is 1. The van der Waals surface area contributed by atoms with Crippen LogP contribution in [-0.4, -0.2) is 31.3 Å². The van der Waals surface area contributed by atoms with E-state index in [9.17, 15) is 9.59 Å². The predicted molar refractivity (Wildman–Crippen MR) is 78.3 cm³/mol. The van der Waals surface area contributed by atoms with Gasteiger partial charge in [-0.1, -0.05) is 38.2 Å². The smallest absolute Gasteiger partial charge is 0.408 e. The number of rotatable bonds is 7. The van der Waals surface area contributed by atoms with Crippen molar-refractivity contribution in [3.05, 3.63) is 24.3 Å². The van der Waals surface area contributed by atoms with Crippen LogP contribution in [0.1, 0.15) is 34.1 Å². The van der Waals surface area contributed by atoms with E-state index in [1.807, 2.05) is 33.8 Å². The molecule has 0 radical (unpaired) electrons. The number of allylic oxidation sites excluding steroid dienone is 1. The second kappa shape index (κ2) is 8.40. The van der Waals surface area contributed by atoms with Crippen LogP contribution in [-0.2, 0) is 14.3 Å². The molecular weight excluding hydrogens is 258 g/mol. The molecule has 0 bridgehead atoms. The molecule has 0 aliphatic carbocycles. The summed E-state index contributed by atoms with van der Waals surface area (Å²) >= 11 is 0. The normalized spacial score (nSPS) is 13.1. The van der Waals surface area contributed by atoms with Gasteiger partial charge >= 0.3 is 12.1 Å². The summed E-state index contributed by atoms with van der Waals surface area (Å²) in [5.74, 6) is -0.637. The molecule has 0 aromatic heterocycles. The van der Waals surface area contributed by atoms with Crippen LogP contribution in [0.5, 0.6) is 0 Å². The molecule has 0 aromatic rings. The molecule has 0 spiro atoms. The maximum absolute atomic E-state index is 12.2. The van der Waals surface area contributed by atoms with E-state index in [4.69, 9.17) is 9.47 Å². The standard InChI is InChI=1S/C15H25NO4/c1-7-10-20-14(18)16-15(12(4)5,13(17)19-6)9-8-11(2)3/h7-8,12H,1,9-10H2,2-6H3,(H,16,18)/t15-/m1/s1. The number of alkyl carbamates (subject to hydrolysis) is 1. The molecule has 0 fully saturated rings. The fourth-order valence-corrected chi connectivity index (χ4v) is 1.70. The fourth-order valence-electron chi connectivity index (χ4n) is 1.70. The summed E-state index contributed by atoms with van der Waals surface area (Å²) in [4.78, 5) is 23.9. The highest BCUT2D eigenvalue weighted by molar-refractivity contribution is 5.86. The lowest BCUT2D eigenvalue weighted by molar-refractivity contribution is -0.150. The van der Waals surface area contributed by atoms with Gasteiger partial charge in [-0.2, -0.15) is 0 Å². The van der Waals surface area contributed by atoms with Crippen LogP contribution in [0, 0.1) is 5.92 Å². The third-order valence-corrected chi connectivity index (χ3v) is 3.02. The van der Waals surface area contributed by atoms with E-state index in [-0.39, 0.29) is 12.5 Å². The van der Waals surface area contributed by atoms with Gasteiger partial charge in [-0.25, -0.2) is 9.59 Å². The summed E-state index contributed by atoms with van der Waals surface area (Å²) in [6, 6.07) is 0. The lowest BCUT2D eigenvalue weighted by Gasteiger charge is -2.34. The number of nitrogens with one attached hydrogen (secondary N) is 1. The van der Waals surface area contributed by atoms with E-state index < -0.39 is 17.6 Å². The number of methoxy groups -OCH3 is 1. The molecule has 0 unspecified atom stereocenters. The van der Waals surface area contributed by atoms with Crippen LogP contribution in [0.4, 0.5) is 4.79 Å². The second-order valence-corrected chi connectivity index (χ2v) is 5.12. The average Bonchev–Trinajstić information content (AvgIpc) is 2.39. The molecule has 1 atom stereocenters. The van der Waals surface area contributed by atoms with Crippen LogP contribution >= 0.6 is 0 Å². The number of amides is 1. The van der Waals surface area contributed by atoms with Gasteiger partial charge in [0.15, 0.2) is 0 Å². The molecule has 0 aliphatic rings. The van der Waals surface area contributed by atoms with Crippen LogP contribution < -0.4 is 5.32 Å². The quantitative estimate of drug-likeness (QED) is 0.576. The second-order valence-electron chi connectivity index (χ2n) is 5.12. The Morgan fingerprint density at radius 2 is 1.95 bits per heavy atom. The van der Waals surface area contributed by atoms with E-state index >= 15 is 0 Å². The maximum Gasteiger partial charge on any atom is 0.408 e. The molecule has 5 heteroatoms. The number of hydrogen-bond acceptors (Lipinski definition) is 4. The Morgan fingerprint density at radius 1 is 1.35 bits per heavy atom. The zero-order valence-corrected chi connectivity index (χ0v) is 13.0. The molecule has 0 saturated heterocycles. The van der Waals surface area contributed by atoms with Gasteiger partial charge in [-0.05, 0) is 26.2 Å². The third kappa shape index (κ3) is 5.07. The number of esters is 1. The molecule has 0 aromatic carbocycles. The van der Waals surface area contributed by atoms with Crippen LogP contribution in [0.3, 0.4) is 0 Å². The molecule has 0 aliphatic heterocycles. The molecule has 1 N–H and O–H groups in total. The highest BCUT2D eigenvalue weighted by Crippen LogP contribution is 2.25. The maximum atomic E-state index is 12.2. The lowest BCUT2D eigenvalue weighted by Crippen LogP contribution is -2.58. The largest absolute Gasteiger partial charge is 0.467 e. The first-order chi connectivity index (χ1) is 9.30. The van der Waals surface area contributed by atoms with Crippen molar-refractivity contribution in [2.45, 2.75) is 39.7 Å². The van der Waals surface area contributed by atoms with Gasteiger partial charge < -0.3 is 14.8 Å². The highest BCUT2D eigenvalue weighted by atomic mass is 16.6. The van der Waals surface area contributed by atoms with Gasteiger partial charge in [0.2, 0.25) is 0 Å². The molecule has 0 heterocycles. The first-order valence-corrected chi connectivity index (χ1v) is 6.57. The van der Waals surface area contributed by atoms with Gasteiger partial charge in [0.1, 0.15) is 12.1 Å². The molecule has 1 amide bonds. The lowest BCUT2D eigenvalue weighted by atomic mass is 9.82. The van der Waals surface area contributed by atoms with Crippen molar-refractivity contribution in [3.63, 3.8) is 0 Å². The molecule has 0 saturated carbocycles. The van der Waals surface area contributed by atoms with Gasteiger partial charge in [0.05, 0.1) is 7.11 Å². The number of carbonyl (C=O) groups is 2.